The number of carbonyl (C=O) groups is 1. The normalized spacial score (nSPS) is 17.3. The number of carbonyl (C=O) groups excluding carboxylic acids is 1. The van der Waals surface area contributed by atoms with Crippen molar-refractivity contribution < 1.29 is 4.79 Å². The van der Waals surface area contributed by atoms with Crippen molar-refractivity contribution in [2.45, 2.75) is 46.1 Å². The van der Waals surface area contributed by atoms with Gasteiger partial charge < -0.3 is 5.32 Å². The molecule has 1 amide bonds. The number of hydrogen-bond donors (Lipinski definition) is 1. The Morgan fingerprint density at radius 2 is 2.22 bits per heavy atom. The zero-order chi connectivity index (χ0) is 13.2. The number of amides is 1. The molecule has 1 aliphatic carbocycles. The van der Waals surface area contributed by atoms with Crippen LogP contribution in [0.1, 0.15) is 50.5 Å². The van der Waals surface area contributed by atoms with Crippen LogP contribution in [-0.4, -0.2) is 21.9 Å². The first-order valence-electron chi connectivity index (χ1n) is 6.53. The van der Waals surface area contributed by atoms with Crippen LogP contribution >= 0.6 is 0 Å². The SMILES string of the molecule is CC(C)(C)C(CC1CC1)NC(=O)c1ccncn1. The summed E-state index contributed by atoms with van der Waals surface area (Å²) in [6.07, 6.45) is 6.67. The average molecular weight is 247 g/mol. The van der Waals surface area contributed by atoms with Crippen LogP contribution < -0.4 is 5.32 Å². The molecule has 2 rings (SSSR count). The standard InChI is InChI=1S/C14H21N3O/c1-14(2,3)12(8-10-4-5-10)17-13(18)11-6-7-15-9-16-11/h6-7,9-10,12H,4-5,8H2,1-3H3,(H,17,18). The lowest BCUT2D eigenvalue weighted by molar-refractivity contribution is 0.0889. The smallest absolute Gasteiger partial charge is 0.270 e. The topological polar surface area (TPSA) is 54.9 Å². The lowest BCUT2D eigenvalue weighted by Crippen LogP contribution is -2.44. The quantitative estimate of drug-likeness (QED) is 0.889. The molecule has 0 aliphatic heterocycles. The molecule has 0 saturated heterocycles. The van der Waals surface area contributed by atoms with Crippen molar-refractivity contribution >= 4 is 5.91 Å². The van der Waals surface area contributed by atoms with E-state index in [0.29, 0.717) is 5.69 Å². The Hall–Kier alpha value is -1.45. The Balaban J connectivity index is 2.02. The molecule has 0 spiro atoms. The summed E-state index contributed by atoms with van der Waals surface area (Å²) in [5, 5.41) is 3.12. The zero-order valence-electron chi connectivity index (χ0n) is 11.3. The molecule has 1 unspecified atom stereocenters. The highest BCUT2D eigenvalue weighted by atomic mass is 16.1. The van der Waals surface area contributed by atoms with Crippen LogP contribution in [0.25, 0.3) is 0 Å². The minimum atomic E-state index is -0.0991. The van der Waals surface area contributed by atoms with E-state index >= 15 is 0 Å². The van der Waals surface area contributed by atoms with Crippen LogP contribution in [0.15, 0.2) is 18.6 Å². The predicted octanol–water partition coefficient (Wildman–Crippen LogP) is 2.42. The fraction of sp³-hybridized carbons (Fsp3) is 0.643. The molecule has 1 aromatic heterocycles. The van der Waals surface area contributed by atoms with E-state index in [0.717, 1.165) is 12.3 Å². The molecule has 1 N–H and O–H groups in total. The van der Waals surface area contributed by atoms with Gasteiger partial charge in [-0.25, -0.2) is 9.97 Å². The largest absolute Gasteiger partial charge is 0.347 e. The molecule has 1 aliphatic rings. The summed E-state index contributed by atoms with van der Waals surface area (Å²) in [5.74, 6) is 0.692. The number of nitrogens with zero attached hydrogens (tertiary/aromatic N) is 2. The van der Waals surface area contributed by atoms with Crippen molar-refractivity contribution in [1.29, 1.82) is 0 Å². The first kappa shape index (κ1) is 13.0. The van der Waals surface area contributed by atoms with Gasteiger partial charge in [0.15, 0.2) is 0 Å². The van der Waals surface area contributed by atoms with Gasteiger partial charge in [-0.2, -0.15) is 0 Å². The van der Waals surface area contributed by atoms with Gasteiger partial charge in [-0.1, -0.05) is 33.6 Å². The van der Waals surface area contributed by atoms with Gasteiger partial charge in [0, 0.05) is 12.2 Å². The van der Waals surface area contributed by atoms with Crippen LogP contribution in [0.5, 0.6) is 0 Å². The molecular formula is C14H21N3O. The van der Waals surface area contributed by atoms with Crippen molar-refractivity contribution in [3.8, 4) is 0 Å². The molecule has 4 heteroatoms. The van der Waals surface area contributed by atoms with Crippen LogP contribution in [0.4, 0.5) is 0 Å². The summed E-state index contributed by atoms with van der Waals surface area (Å²) >= 11 is 0. The van der Waals surface area contributed by atoms with Crippen LogP contribution in [0.2, 0.25) is 0 Å². The van der Waals surface area contributed by atoms with E-state index in [1.807, 2.05) is 0 Å². The molecule has 1 fully saturated rings. The molecule has 18 heavy (non-hydrogen) atoms. The fourth-order valence-corrected chi connectivity index (χ4v) is 1.97. The molecule has 0 aromatic carbocycles. The van der Waals surface area contributed by atoms with Gasteiger partial charge in [0.25, 0.3) is 5.91 Å². The summed E-state index contributed by atoms with van der Waals surface area (Å²) in [6.45, 7) is 6.50. The summed E-state index contributed by atoms with van der Waals surface area (Å²) in [5.41, 5.74) is 0.515. The first-order valence-corrected chi connectivity index (χ1v) is 6.53. The minimum absolute atomic E-state index is 0.0747. The van der Waals surface area contributed by atoms with E-state index in [1.54, 1.807) is 12.3 Å². The summed E-state index contributed by atoms with van der Waals surface area (Å²) < 4.78 is 0. The molecular weight excluding hydrogens is 226 g/mol. The van der Waals surface area contributed by atoms with Gasteiger partial charge >= 0.3 is 0 Å². The highest BCUT2D eigenvalue weighted by Crippen LogP contribution is 2.37. The Morgan fingerprint density at radius 1 is 1.50 bits per heavy atom. The van der Waals surface area contributed by atoms with Crippen LogP contribution in [0, 0.1) is 11.3 Å². The monoisotopic (exact) mass is 247 g/mol. The van der Waals surface area contributed by atoms with E-state index in [9.17, 15) is 4.79 Å². The molecule has 98 valence electrons. The van der Waals surface area contributed by atoms with Crippen molar-refractivity contribution in [2.75, 3.05) is 0 Å². The second-order valence-corrected chi connectivity index (χ2v) is 6.17. The Labute approximate surface area is 108 Å². The Morgan fingerprint density at radius 3 is 2.72 bits per heavy atom. The number of hydrogen-bond acceptors (Lipinski definition) is 3. The molecule has 1 atom stereocenters. The van der Waals surface area contributed by atoms with Crippen LogP contribution in [0.3, 0.4) is 0 Å². The molecule has 0 bridgehead atoms. The number of nitrogens with one attached hydrogen (secondary N) is 1. The van der Waals surface area contributed by atoms with Crippen molar-refractivity contribution in [2.24, 2.45) is 11.3 Å². The van der Waals surface area contributed by atoms with E-state index in [1.165, 1.54) is 19.2 Å². The third kappa shape index (κ3) is 3.52. The molecule has 1 aromatic rings. The highest BCUT2D eigenvalue weighted by Gasteiger charge is 2.33. The van der Waals surface area contributed by atoms with Crippen molar-refractivity contribution in [3.05, 3.63) is 24.3 Å². The lowest BCUT2D eigenvalue weighted by atomic mass is 9.83. The van der Waals surface area contributed by atoms with E-state index in [-0.39, 0.29) is 17.4 Å². The predicted molar refractivity (Wildman–Crippen MR) is 70.1 cm³/mol. The summed E-state index contributed by atoms with van der Waals surface area (Å²) in [7, 11) is 0. The second-order valence-electron chi connectivity index (χ2n) is 6.17. The minimum Gasteiger partial charge on any atom is -0.347 e. The van der Waals surface area contributed by atoms with Gasteiger partial charge in [-0.15, -0.1) is 0 Å². The lowest BCUT2D eigenvalue weighted by Gasteiger charge is -2.31. The average Bonchev–Trinajstić information content (AvgIpc) is 3.12. The summed E-state index contributed by atoms with van der Waals surface area (Å²) in [6, 6.07) is 1.85. The van der Waals surface area contributed by atoms with Gasteiger partial charge in [0.05, 0.1) is 0 Å². The van der Waals surface area contributed by atoms with Gasteiger partial charge in [-0.05, 0) is 23.8 Å². The maximum absolute atomic E-state index is 12.1. The third-order valence-corrected chi connectivity index (χ3v) is 3.43. The molecule has 1 saturated carbocycles. The van der Waals surface area contributed by atoms with E-state index in [2.05, 4.69) is 36.1 Å². The molecule has 1 heterocycles. The third-order valence-electron chi connectivity index (χ3n) is 3.43. The van der Waals surface area contributed by atoms with Gasteiger partial charge in [0.2, 0.25) is 0 Å². The first-order chi connectivity index (χ1) is 8.47. The highest BCUT2D eigenvalue weighted by molar-refractivity contribution is 5.92. The zero-order valence-corrected chi connectivity index (χ0v) is 11.3. The fourth-order valence-electron chi connectivity index (χ4n) is 1.97. The van der Waals surface area contributed by atoms with Crippen molar-refractivity contribution in [1.82, 2.24) is 15.3 Å². The van der Waals surface area contributed by atoms with Crippen LogP contribution in [-0.2, 0) is 0 Å². The number of aromatic nitrogens is 2. The Bertz CT molecular complexity index is 407. The molecule has 0 radical (unpaired) electrons. The van der Waals surface area contributed by atoms with E-state index in [4.69, 9.17) is 0 Å². The number of rotatable bonds is 4. The molecule has 4 nitrogen and oxygen atoms in total. The van der Waals surface area contributed by atoms with Crippen molar-refractivity contribution in [3.63, 3.8) is 0 Å². The van der Waals surface area contributed by atoms with Gasteiger partial charge in [0.1, 0.15) is 12.0 Å². The second kappa shape index (κ2) is 5.04. The summed E-state index contributed by atoms with van der Waals surface area (Å²) in [4.78, 5) is 19.9. The Kier molecular flexibility index (Phi) is 3.64. The maximum Gasteiger partial charge on any atom is 0.270 e. The van der Waals surface area contributed by atoms with E-state index < -0.39 is 0 Å². The van der Waals surface area contributed by atoms with Gasteiger partial charge in [-0.3, -0.25) is 4.79 Å². The maximum atomic E-state index is 12.1.